The molecular weight excluding hydrogens is 434 g/mol. The molecule has 0 atom stereocenters. The molecule has 9 heteroatoms. The zero-order valence-electron chi connectivity index (χ0n) is 17.3. The molecule has 1 aliphatic rings. The minimum Gasteiger partial charge on any atom is -0.348 e. The van der Waals surface area contributed by atoms with E-state index in [9.17, 15) is 18.5 Å². The third-order valence-corrected chi connectivity index (χ3v) is 9.04. The fourth-order valence-corrected chi connectivity index (χ4v) is 6.53. The summed E-state index contributed by atoms with van der Waals surface area (Å²) in [6.07, 6.45) is 0.923. The maximum atomic E-state index is 13.0. The number of nitro benzene ring substituents is 1. The second-order valence-corrected chi connectivity index (χ2v) is 10.8. The SMILES string of the molecule is Cc1cccc(-c2csc(N3CCC(S(=O)(=O)c4cccc([N+](=O)[O-])c4)CC3)n2)c1C. The summed E-state index contributed by atoms with van der Waals surface area (Å²) in [4.78, 5) is 17.4. The molecule has 7 nitrogen and oxygen atoms in total. The average Bonchev–Trinajstić information content (AvgIpc) is 3.26. The van der Waals surface area contributed by atoms with E-state index < -0.39 is 20.0 Å². The molecule has 0 amide bonds. The van der Waals surface area contributed by atoms with Gasteiger partial charge in [0, 0.05) is 36.2 Å². The van der Waals surface area contributed by atoms with E-state index in [1.807, 2.05) is 11.4 Å². The van der Waals surface area contributed by atoms with Crippen LogP contribution in [0.4, 0.5) is 10.8 Å². The quantitative estimate of drug-likeness (QED) is 0.404. The molecule has 4 rings (SSSR count). The number of hydrogen-bond donors (Lipinski definition) is 0. The minimum atomic E-state index is -3.62. The number of piperidine rings is 1. The van der Waals surface area contributed by atoms with Crippen molar-refractivity contribution in [1.29, 1.82) is 0 Å². The van der Waals surface area contributed by atoms with E-state index >= 15 is 0 Å². The highest BCUT2D eigenvalue weighted by Crippen LogP contribution is 2.33. The molecule has 1 aromatic heterocycles. The molecule has 1 saturated heterocycles. The molecule has 0 N–H and O–H groups in total. The minimum absolute atomic E-state index is 0.0200. The van der Waals surface area contributed by atoms with E-state index in [1.165, 1.54) is 29.3 Å². The Kier molecular flexibility index (Phi) is 5.81. The van der Waals surface area contributed by atoms with Gasteiger partial charge >= 0.3 is 0 Å². The van der Waals surface area contributed by atoms with Crippen LogP contribution < -0.4 is 4.90 Å². The monoisotopic (exact) mass is 457 g/mol. The summed E-state index contributed by atoms with van der Waals surface area (Å²) in [7, 11) is -3.62. The summed E-state index contributed by atoms with van der Waals surface area (Å²) < 4.78 is 26.0. The van der Waals surface area contributed by atoms with E-state index in [0.29, 0.717) is 25.9 Å². The maximum absolute atomic E-state index is 13.0. The first kappa shape index (κ1) is 21.5. The van der Waals surface area contributed by atoms with Crippen LogP contribution in [0.2, 0.25) is 0 Å². The lowest BCUT2D eigenvalue weighted by Gasteiger charge is -2.31. The molecule has 0 unspecified atom stereocenters. The van der Waals surface area contributed by atoms with Crippen molar-refractivity contribution < 1.29 is 13.3 Å². The first-order chi connectivity index (χ1) is 14.8. The molecule has 1 fully saturated rings. The Hall–Kier alpha value is -2.78. The zero-order valence-corrected chi connectivity index (χ0v) is 18.9. The van der Waals surface area contributed by atoms with Crippen molar-refractivity contribution in [2.75, 3.05) is 18.0 Å². The van der Waals surface area contributed by atoms with E-state index in [1.54, 1.807) is 11.3 Å². The number of rotatable bonds is 5. The molecule has 3 aromatic rings. The van der Waals surface area contributed by atoms with Crippen molar-refractivity contribution >= 4 is 32.0 Å². The smallest absolute Gasteiger partial charge is 0.270 e. The number of nitro groups is 1. The van der Waals surface area contributed by atoms with Crippen LogP contribution in [0.15, 0.2) is 52.7 Å². The fraction of sp³-hybridized carbons (Fsp3) is 0.318. The first-order valence-corrected chi connectivity index (χ1v) is 12.5. The summed E-state index contributed by atoms with van der Waals surface area (Å²) in [5, 5.41) is 13.4. The van der Waals surface area contributed by atoms with Crippen LogP contribution in [0.3, 0.4) is 0 Å². The van der Waals surface area contributed by atoms with Gasteiger partial charge in [-0.05, 0) is 43.9 Å². The Labute approximate surface area is 185 Å². The van der Waals surface area contributed by atoms with Crippen molar-refractivity contribution in [2.24, 2.45) is 0 Å². The number of nitrogens with zero attached hydrogens (tertiary/aromatic N) is 3. The second-order valence-electron chi connectivity index (χ2n) is 7.75. The van der Waals surface area contributed by atoms with Gasteiger partial charge in [0.15, 0.2) is 15.0 Å². The molecule has 31 heavy (non-hydrogen) atoms. The largest absolute Gasteiger partial charge is 0.348 e. The summed E-state index contributed by atoms with van der Waals surface area (Å²) in [6.45, 7) is 5.34. The summed E-state index contributed by atoms with van der Waals surface area (Å²) in [6, 6.07) is 11.5. The molecule has 0 radical (unpaired) electrons. The molecule has 0 aliphatic carbocycles. The number of anilines is 1. The van der Waals surface area contributed by atoms with Crippen LogP contribution in [0.25, 0.3) is 11.3 Å². The lowest BCUT2D eigenvalue weighted by atomic mass is 10.0. The van der Waals surface area contributed by atoms with Gasteiger partial charge in [-0.3, -0.25) is 10.1 Å². The lowest BCUT2D eigenvalue weighted by Crippen LogP contribution is -2.39. The second kappa shape index (κ2) is 8.39. The van der Waals surface area contributed by atoms with Crippen LogP contribution >= 0.6 is 11.3 Å². The van der Waals surface area contributed by atoms with Crippen molar-refractivity contribution in [1.82, 2.24) is 4.98 Å². The van der Waals surface area contributed by atoms with Gasteiger partial charge in [-0.2, -0.15) is 0 Å². The molecule has 0 saturated carbocycles. The number of sulfone groups is 1. The molecule has 2 heterocycles. The van der Waals surface area contributed by atoms with Crippen LogP contribution in [0, 0.1) is 24.0 Å². The molecule has 1 aliphatic heterocycles. The van der Waals surface area contributed by atoms with E-state index in [4.69, 9.17) is 4.98 Å². The summed E-state index contributed by atoms with van der Waals surface area (Å²) in [5.74, 6) is 0. The van der Waals surface area contributed by atoms with Gasteiger partial charge in [0.05, 0.1) is 20.8 Å². The Morgan fingerprint density at radius 1 is 1.13 bits per heavy atom. The van der Waals surface area contributed by atoms with Crippen molar-refractivity contribution in [3.05, 3.63) is 69.1 Å². The molecule has 0 spiro atoms. The number of benzene rings is 2. The third-order valence-electron chi connectivity index (χ3n) is 5.88. The van der Waals surface area contributed by atoms with Crippen molar-refractivity contribution in [2.45, 2.75) is 36.8 Å². The number of aromatic nitrogens is 1. The van der Waals surface area contributed by atoms with Crippen LogP contribution in [0.1, 0.15) is 24.0 Å². The van der Waals surface area contributed by atoms with Gasteiger partial charge in [0.1, 0.15) is 0 Å². The normalized spacial score (nSPS) is 15.2. The van der Waals surface area contributed by atoms with E-state index in [2.05, 4.69) is 30.9 Å². The highest BCUT2D eigenvalue weighted by molar-refractivity contribution is 7.92. The average molecular weight is 458 g/mol. The predicted molar refractivity (Wildman–Crippen MR) is 123 cm³/mol. The Morgan fingerprint density at radius 3 is 2.55 bits per heavy atom. The number of thiazole rings is 1. The van der Waals surface area contributed by atoms with Crippen molar-refractivity contribution in [3.8, 4) is 11.3 Å². The summed E-state index contributed by atoms with van der Waals surface area (Å²) >= 11 is 1.57. The molecule has 2 aromatic carbocycles. The number of non-ortho nitro benzene ring substituents is 1. The van der Waals surface area contributed by atoms with Crippen LogP contribution in [0.5, 0.6) is 0 Å². The number of aryl methyl sites for hydroxylation is 1. The van der Waals surface area contributed by atoms with Gasteiger partial charge in [0.2, 0.25) is 0 Å². The van der Waals surface area contributed by atoms with Gasteiger partial charge in [-0.1, -0.05) is 24.3 Å². The van der Waals surface area contributed by atoms with Crippen LogP contribution in [-0.4, -0.2) is 36.7 Å². The van der Waals surface area contributed by atoms with Gasteiger partial charge in [-0.15, -0.1) is 11.3 Å². The Bertz CT molecular complexity index is 1230. The van der Waals surface area contributed by atoms with Gasteiger partial charge < -0.3 is 4.90 Å². The topological polar surface area (TPSA) is 93.4 Å². The molecule has 162 valence electrons. The van der Waals surface area contributed by atoms with Gasteiger partial charge in [-0.25, -0.2) is 13.4 Å². The lowest BCUT2D eigenvalue weighted by molar-refractivity contribution is -0.385. The number of hydrogen-bond acceptors (Lipinski definition) is 7. The fourth-order valence-electron chi connectivity index (χ4n) is 3.89. The predicted octanol–water partition coefficient (Wildman–Crippen LogP) is 4.78. The Morgan fingerprint density at radius 2 is 1.84 bits per heavy atom. The highest BCUT2D eigenvalue weighted by Gasteiger charge is 2.33. The maximum Gasteiger partial charge on any atom is 0.270 e. The summed E-state index contributed by atoms with van der Waals surface area (Å²) in [5.41, 5.74) is 4.28. The highest BCUT2D eigenvalue weighted by atomic mass is 32.2. The molecular formula is C22H23N3O4S2. The van der Waals surface area contributed by atoms with E-state index in [-0.39, 0.29) is 10.6 Å². The van der Waals surface area contributed by atoms with Crippen molar-refractivity contribution in [3.63, 3.8) is 0 Å². The van der Waals surface area contributed by atoms with Crippen LogP contribution in [-0.2, 0) is 9.84 Å². The Balaban J connectivity index is 1.48. The third kappa shape index (κ3) is 4.20. The zero-order chi connectivity index (χ0) is 22.2. The first-order valence-electron chi connectivity index (χ1n) is 10.0. The van der Waals surface area contributed by atoms with E-state index in [0.717, 1.165) is 22.5 Å². The standard InChI is InChI=1S/C22H23N3O4S2/c1-15-5-3-8-20(16(15)2)21-14-30-22(23-21)24-11-9-18(10-12-24)31(28,29)19-7-4-6-17(13-19)25(26)27/h3-8,13-14,18H,9-12H2,1-2H3. The molecule has 0 bridgehead atoms. The van der Waals surface area contributed by atoms with Gasteiger partial charge in [0.25, 0.3) is 5.69 Å².